The van der Waals surface area contributed by atoms with E-state index in [9.17, 15) is 0 Å². The Balaban J connectivity index is 1.94. The summed E-state index contributed by atoms with van der Waals surface area (Å²) < 4.78 is 1.06. The number of alkyl halides is 1. The Kier molecular flexibility index (Phi) is 4.06. The van der Waals surface area contributed by atoms with Crippen LogP contribution in [0.1, 0.15) is 34.1 Å². The fourth-order valence-corrected chi connectivity index (χ4v) is 3.41. The average molecular weight is 403 g/mol. The molecule has 0 spiro atoms. The maximum atomic E-state index is 6.60. The molecule has 0 heterocycles. The van der Waals surface area contributed by atoms with E-state index in [1.807, 2.05) is 12.1 Å². The van der Waals surface area contributed by atoms with E-state index in [0.29, 0.717) is 0 Å². The average Bonchev–Trinajstić information content (AvgIpc) is 2.88. The van der Waals surface area contributed by atoms with Gasteiger partial charge in [-0.1, -0.05) is 35.9 Å². The molecule has 0 aromatic heterocycles. The zero-order valence-electron chi connectivity index (χ0n) is 10.3. The summed E-state index contributed by atoms with van der Waals surface area (Å²) in [4.78, 5) is 0. The Morgan fingerprint density at radius 2 is 1.63 bits per heavy atom. The molecule has 0 nitrogen and oxygen atoms in total. The van der Waals surface area contributed by atoms with Gasteiger partial charge in [0.05, 0.1) is 10.4 Å². The van der Waals surface area contributed by atoms with Gasteiger partial charge in [-0.15, -0.1) is 11.6 Å². The fraction of sp³-hybridized carbons (Fsp3) is 0.250. The van der Waals surface area contributed by atoms with Crippen LogP contribution in [-0.2, 0) is 12.8 Å². The molecule has 1 unspecified atom stereocenters. The van der Waals surface area contributed by atoms with Crippen LogP contribution in [0.2, 0.25) is 5.02 Å². The van der Waals surface area contributed by atoms with Gasteiger partial charge in [-0.3, -0.25) is 0 Å². The van der Waals surface area contributed by atoms with E-state index < -0.39 is 0 Å². The van der Waals surface area contributed by atoms with Crippen molar-refractivity contribution in [2.45, 2.75) is 24.6 Å². The van der Waals surface area contributed by atoms with Crippen molar-refractivity contribution in [3.63, 3.8) is 0 Å². The molecule has 3 rings (SSSR count). The van der Waals surface area contributed by atoms with Crippen molar-refractivity contribution in [1.29, 1.82) is 0 Å². The minimum absolute atomic E-state index is 0.125. The molecule has 19 heavy (non-hydrogen) atoms. The topological polar surface area (TPSA) is 0 Å². The van der Waals surface area contributed by atoms with Gasteiger partial charge in [-0.25, -0.2) is 0 Å². The van der Waals surface area contributed by atoms with Gasteiger partial charge in [0.2, 0.25) is 0 Å². The lowest BCUT2D eigenvalue weighted by atomic mass is 10.00. The van der Waals surface area contributed by atoms with E-state index >= 15 is 0 Å². The SMILES string of the molecule is Clc1cc(C(Cl)c2ccc3c(c2)CCC3)ccc1I. The summed E-state index contributed by atoms with van der Waals surface area (Å²) in [5.74, 6) is 0. The minimum atomic E-state index is -0.125. The van der Waals surface area contributed by atoms with Crippen LogP contribution in [0.15, 0.2) is 36.4 Å². The molecule has 0 bridgehead atoms. The Morgan fingerprint density at radius 3 is 2.42 bits per heavy atom. The number of hydrogen-bond acceptors (Lipinski definition) is 0. The number of hydrogen-bond donors (Lipinski definition) is 0. The van der Waals surface area contributed by atoms with Gasteiger partial charge in [0.25, 0.3) is 0 Å². The van der Waals surface area contributed by atoms with Crippen LogP contribution in [0.4, 0.5) is 0 Å². The quantitative estimate of drug-likeness (QED) is 0.442. The van der Waals surface area contributed by atoms with Crippen molar-refractivity contribution in [2.24, 2.45) is 0 Å². The van der Waals surface area contributed by atoms with E-state index in [2.05, 4.69) is 46.9 Å². The molecule has 0 saturated carbocycles. The largest absolute Gasteiger partial charge is 0.113 e. The third kappa shape index (κ3) is 2.79. The van der Waals surface area contributed by atoms with E-state index in [0.717, 1.165) is 14.2 Å². The molecule has 0 N–H and O–H groups in total. The molecule has 0 aliphatic heterocycles. The first-order chi connectivity index (χ1) is 9.15. The lowest BCUT2D eigenvalue weighted by Crippen LogP contribution is -1.95. The summed E-state index contributed by atoms with van der Waals surface area (Å²) in [5.41, 5.74) is 5.16. The van der Waals surface area contributed by atoms with Crippen LogP contribution in [-0.4, -0.2) is 0 Å². The standard InChI is InChI=1S/C16H13Cl2I/c17-14-9-13(6-7-15(14)19)16(18)12-5-4-10-2-1-3-11(10)8-12/h4-9,16H,1-3H2. The minimum Gasteiger partial charge on any atom is -0.113 e. The van der Waals surface area contributed by atoms with E-state index in [1.54, 1.807) is 0 Å². The molecule has 0 saturated heterocycles. The summed E-state index contributed by atoms with van der Waals surface area (Å²) in [6, 6.07) is 12.7. The second-order valence-electron chi connectivity index (χ2n) is 4.92. The third-order valence-electron chi connectivity index (χ3n) is 3.65. The van der Waals surface area contributed by atoms with Crippen molar-refractivity contribution in [2.75, 3.05) is 0 Å². The number of rotatable bonds is 2. The zero-order chi connectivity index (χ0) is 13.4. The first kappa shape index (κ1) is 13.7. The molecule has 1 aliphatic rings. The first-order valence-corrected chi connectivity index (χ1v) is 8.25. The van der Waals surface area contributed by atoms with Crippen LogP contribution in [0.25, 0.3) is 0 Å². The van der Waals surface area contributed by atoms with Crippen LogP contribution in [0.3, 0.4) is 0 Å². The number of aryl methyl sites for hydroxylation is 2. The van der Waals surface area contributed by atoms with E-state index in [1.165, 1.54) is 36.0 Å². The molecule has 98 valence electrons. The summed E-state index contributed by atoms with van der Waals surface area (Å²) >= 11 is 15.0. The third-order valence-corrected chi connectivity index (χ3v) is 5.73. The molecule has 2 aromatic rings. The van der Waals surface area contributed by atoms with E-state index in [4.69, 9.17) is 23.2 Å². The highest BCUT2D eigenvalue weighted by Gasteiger charge is 2.16. The molecule has 1 atom stereocenters. The van der Waals surface area contributed by atoms with Crippen molar-refractivity contribution in [1.82, 2.24) is 0 Å². The van der Waals surface area contributed by atoms with Crippen LogP contribution < -0.4 is 0 Å². The molecule has 3 heteroatoms. The summed E-state index contributed by atoms with van der Waals surface area (Å²) in [6.07, 6.45) is 3.65. The molecule has 0 fully saturated rings. The van der Waals surface area contributed by atoms with Gasteiger partial charge in [0.15, 0.2) is 0 Å². The van der Waals surface area contributed by atoms with Crippen LogP contribution in [0.5, 0.6) is 0 Å². The van der Waals surface area contributed by atoms with E-state index in [-0.39, 0.29) is 5.38 Å². The van der Waals surface area contributed by atoms with Gasteiger partial charge in [0, 0.05) is 3.57 Å². The second kappa shape index (κ2) is 5.63. The lowest BCUT2D eigenvalue weighted by Gasteiger charge is -2.13. The fourth-order valence-electron chi connectivity index (χ4n) is 2.61. The highest BCUT2D eigenvalue weighted by Crippen LogP contribution is 2.34. The molecular weight excluding hydrogens is 390 g/mol. The number of halogens is 3. The van der Waals surface area contributed by atoms with Crippen LogP contribution >= 0.6 is 45.8 Å². The van der Waals surface area contributed by atoms with Crippen molar-refractivity contribution in [3.8, 4) is 0 Å². The number of fused-ring (bicyclic) bond motifs is 1. The lowest BCUT2D eigenvalue weighted by molar-refractivity contribution is 0.911. The monoisotopic (exact) mass is 402 g/mol. The Bertz CT molecular complexity index is 622. The van der Waals surface area contributed by atoms with Crippen molar-refractivity contribution in [3.05, 3.63) is 67.2 Å². The molecule has 1 aliphatic carbocycles. The highest BCUT2D eigenvalue weighted by atomic mass is 127. The molecule has 2 aromatic carbocycles. The van der Waals surface area contributed by atoms with Crippen LogP contribution in [0, 0.1) is 3.57 Å². The number of benzene rings is 2. The van der Waals surface area contributed by atoms with Crippen molar-refractivity contribution < 1.29 is 0 Å². The Labute approximate surface area is 137 Å². The maximum Gasteiger partial charge on any atom is 0.0836 e. The predicted molar refractivity (Wildman–Crippen MR) is 90.3 cm³/mol. The second-order valence-corrected chi connectivity index (χ2v) is 6.92. The molecule has 0 amide bonds. The van der Waals surface area contributed by atoms with Gasteiger partial charge >= 0.3 is 0 Å². The highest BCUT2D eigenvalue weighted by molar-refractivity contribution is 14.1. The first-order valence-electron chi connectivity index (χ1n) is 6.36. The predicted octanol–water partition coefficient (Wildman–Crippen LogP) is 5.76. The smallest absolute Gasteiger partial charge is 0.0836 e. The van der Waals surface area contributed by atoms with Gasteiger partial charge in [0.1, 0.15) is 0 Å². The maximum absolute atomic E-state index is 6.60. The van der Waals surface area contributed by atoms with Gasteiger partial charge in [-0.2, -0.15) is 0 Å². The summed E-state index contributed by atoms with van der Waals surface area (Å²) in [6.45, 7) is 0. The van der Waals surface area contributed by atoms with Crippen molar-refractivity contribution >= 4 is 45.8 Å². The Morgan fingerprint density at radius 1 is 0.947 bits per heavy atom. The zero-order valence-corrected chi connectivity index (χ0v) is 14.0. The summed E-state index contributed by atoms with van der Waals surface area (Å²) in [5, 5.41) is 0.644. The van der Waals surface area contributed by atoms with Gasteiger partial charge in [-0.05, 0) is 76.2 Å². The summed E-state index contributed by atoms with van der Waals surface area (Å²) in [7, 11) is 0. The normalized spacial score (nSPS) is 15.3. The molecule has 0 radical (unpaired) electrons. The Hall–Kier alpha value is -0.250. The van der Waals surface area contributed by atoms with Gasteiger partial charge < -0.3 is 0 Å². The molecular formula is C16H13Cl2I.